The summed E-state index contributed by atoms with van der Waals surface area (Å²) in [6, 6.07) is 5.29. The second-order valence-electron chi connectivity index (χ2n) is 5.01. The molecule has 4 heteroatoms. The lowest BCUT2D eigenvalue weighted by Crippen LogP contribution is -2.33. The van der Waals surface area contributed by atoms with Gasteiger partial charge in [-0.1, -0.05) is 12.8 Å². The Morgan fingerprint density at radius 1 is 1.56 bits per heavy atom. The first-order valence-corrected chi connectivity index (χ1v) is 6.34. The fourth-order valence-corrected chi connectivity index (χ4v) is 2.12. The number of ether oxygens (including phenoxy) is 1. The van der Waals surface area contributed by atoms with Crippen LogP contribution in [0.4, 0.5) is 5.69 Å². The number of hydrogen-bond donors (Lipinski definition) is 2. The molecule has 1 fully saturated rings. The van der Waals surface area contributed by atoms with Crippen molar-refractivity contribution in [2.75, 3.05) is 12.8 Å². The molecule has 1 amide bonds. The van der Waals surface area contributed by atoms with Crippen molar-refractivity contribution in [3.63, 3.8) is 0 Å². The van der Waals surface area contributed by atoms with Crippen LogP contribution in [0.3, 0.4) is 0 Å². The smallest absolute Gasteiger partial charge is 0.255 e. The summed E-state index contributed by atoms with van der Waals surface area (Å²) in [6.45, 7) is 2.04. The first-order valence-electron chi connectivity index (χ1n) is 6.34. The van der Waals surface area contributed by atoms with Crippen molar-refractivity contribution >= 4 is 11.6 Å². The van der Waals surface area contributed by atoms with Gasteiger partial charge in [-0.3, -0.25) is 4.79 Å². The molecule has 1 saturated carbocycles. The van der Waals surface area contributed by atoms with Gasteiger partial charge in [0.1, 0.15) is 5.75 Å². The van der Waals surface area contributed by atoms with Crippen LogP contribution in [0.2, 0.25) is 0 Å². The summed E-state index contributed by atoms with van der Waals surface area (Å²) in [5.41, 5.74) is 6.77. The van der Waals surface area contributed by atoms with Gasteiger partial charge in [0.15, 0.2) is 0 Å². The molecule has 0 bridgehead atoms. The predicted octanol–water partition coefficient (Wildman–Crippen LogP) is 2.20. The highest BCUT2D eigenvalue weighted by Gasteiger charge is 2.24. The first-order chi connectivity index (χ1) is 8.60. The molecule has 0 saturated heterocycles. The van der Waals surface area contributed by atoms with Gasteiger partial charge in [-0.05, 0) is 37.5 Å². The molecule has 1 atom stereocenters. The molecule has 18 heavy (non-hydrogen) atoms. The molecule has 0 aliphatic heterocycles. The van der Waals surface area contributed by atoms with Crippen molar-refractivity contribution in [2.45, 2.75) is 32.2 Å². The highest BCUT2D eigenvalue weighted by atomic mass is 16.5. The molecule has 0 spiro atoms. The minimum Gasteiger partial charge on any atom is -0.496 e. The number of anilines is 1. The van der Waals surface area contributed by atoms with Crippen LogP contribution in [0.25, 0.3) is 0 Å². The van der Waals surface area contributed by atoms with Crippen LogP contribution in [0, 0.1) is 5.92 Å². The molecule has 3 N–H and O–H groups in total. The maximum atomic E-state index is 12.1. The third kappa shape index (κ3) is 3.15. The fourth-order valence-electron chi connectivity index (χ4n) is 2.12. The quantitative estimate of drug-likeness (QED) is 0.785. The molecular formula is C14H20N2O2. The van der Waals surface area contributed by atoms with E-state index >= 15 is 0 Å². The van der Waals surface area contributed by atoms with Crippen LogP contribution in [0.1, 0.15) is 36.5 Å². The van der Waals surface area contributed by atoms with Gasteiger partial charge >= 0.3 is 0 Å². The molecule has 2 rings (SSSR count). The Hall–Kier alpha value is -1.71. The lowest BCUT2D eigenvalue weighted by Gasteiger charge is -2.15. The molecular weight excluding hydrogens is 228 g/mol. The normalized spacial score (nSPS) is 16.1. The van der Waals surface area contributed by atoms with Crippen LogP contribution in [-0.2, 0) is 0 Å². The van der Waals surface area contributed by atoms with E-state index in [9.17, 15) is 4.79 Å². The van der Waals surface area contributed by atoms with Gasteiger partial charge in [0, 0.05) is 11.7 Å². The van der Waals surface area contributed by atoms with Crippen LogP contribution >= 0.6 is 0 Å². The van der Waals surface area contributed by atoms with Gasteiger partial charge < -0.3 is 15.8 Å². The second-order valence-corrected chi connectivity index (χ2v) is 5.01. The summed E-state index contributed by atoms with van der Waals surface area (Å²) in [5, 5.41) is 2.99. The highest BCUT2D eigenvalue weighted by molar-refractivity contribution is 5.98. The second kappa shape index (κ2) is 5.29. The van der Waals surface area contributed by atoms with Gasteiger partial charge in [-0.15, -0.1) is 0 Å². The minimum absolute atomic E-state index is 0.118. The largest absolute Gasteiger partial charge is 0.496 e. The molecule has 98 valence electrons. The van der Waals surface area contributed by atoms with Gasteiger partial charge in [0.2, 0.25) is 0 Å². The molecule has 0 aromatic heterocycles. The number of benzene rings is 1. The van der Waals surface area contributed by atoms with Gasteiger partial charge in [-0.2, -0.15) is 0 Å². The number of methoxy groups -OCH3 is 1. The Morgan fingerprint density at radius 2 is 2.28 bits per heavy atom. The summed E-state index contributed by atoms with van der Waals surface area (Å²) >= 11 is 0. The number of carbonyl (C=O) groups excluding carboxylic acids is 1. The van der Waals surface area contributed by atoms with E-state index in [1.165, 1.54) is 12.8 Å². The number of hydrogen-bond acceptors (Lipinski definition) is 3. The molecule has 1 unspecified atom stereocenters. The van der Waals surface area contributed by atoms with Gasteiger partial charge in [0.05, 0.1) is 12.7 Å². The zero-order chi connectivity index (χ0) is 13.1. The molecule has 1 aliphatic rings. The molecule has 1 aliphatic carbocycles. The Bertz CT molecular complexity index is 441. The van der Waals surface area contributed by atoms with E-state index in [-0.39, 0.29) is 11.9 Å². The van der Waals surface area contributed by atoms with E-state index in [1.54, 1.807) is 25.3 Å². The summed E-state index contributed by atoms with van der Waals surface area (Å²) in [6.07, 6.45) is 3.64. The number of carbonyl (C=O) groups is 1. The molecule has 0 heterocycles. The van der Waals surface area contributed by atoms with Crippen molar-refractivity contribution in [3.05, 3.63) is 23.8 Å². The third-order valence-electron chi connectivity index (χ3n) is 3.23. The fraction of sp³-hybridized carbons (Fsp3) is 0.500. The Labute approximate surface area is 108 Å². The van der Waals surface area contributed by atoms with E-state index in [0.29, 0.717) is 17.0 Å². The standard InChI is InChI=1S/C14H20N2O2/c1-9(7-10-3-4-10)16-14(17)12-8-11(15)5-6-13(12)18-2/h5-6,8-10H,3-4,7,15H2,1-2H3,(H,16,17). The van der Waals surface area contributed by atoms with Crippen molar-refractivity contribution < 1.29 is 9.53 Å². The van der Waals surface area contributed by atoms with E-state index in [0.717, 1.165) is 12.3 Å². The van der Waals surface area contributed by atoms with Crippen molar-refractivity contribution in [1.29, 1.82) is 0 Å². The molecule has 0 radical (unpaired) electrons. The van der Waals surface area contributed by atoms with Crippen LogP contribution in [0.5, 0.6) is 5.75 Å². The number of nitrogens with one attached hydrogen (secondary N) is 1. The number of amides is 1. The average molecular weight is 248 g/mol. The molecule has 4 nitrogen and oxygen atoms in total. The van der Waals surface area contributed by atoms with Crippen LogP contribution < -0.4 is 15.8 Å². The SMILES string of the molecule is COc1ccc(N)cc1C(=O)NC(C)CC1CC1. The molecule has 1 aromatic carbocycles. The topological polar surface area (TPSA) is 64.3 Å². The van der Waals surface area contributed by atoms with Crippen LogP contribution in [-0.4, -0.2) is 19.1 Å². The third-order valence-corrected chi connectivity index (χ3v) is 3.23. The summed E-state index contributed by atoms with van der Waals surface area (Å²) in [4.78, 5) is 12.1. The van der Waals surface area contributed by atoms with E-state index in [4.69, 9.17) is 10.5 Å². The lowest BCUT2D eigenvalue weighted by atomic mass is 10.1. The summed E-state index contributed by atoms with van der Waals surface area (Å²) < 4.78 is 5.18. The maximum Gasteiger partial charge on any atom is 0.255 e. The summed E-state index contributed by atoms with van der Waals surface area (Å²) in [5.74, 6) is 1.23. The van der Waals surface area contributed by atoms with E-state index in [2.05, 4.69) is 5.32 Å². The average Bonchev–Trinajstić information content (AvgIpc) is 3.12. The van der Waals surface area contributed by atoms with Gasteiger partial charge in [0.25, 0.3) is 5.91 Å². The first kappa shape index (κ1) is 12.7. The Kier molecular flexibility index (Phi) is 3.75. The van der Waals surface area contributed by atoms with Crippen molar-refractivity contribution in [3.8, 4) is 5.75 Å². The number of nitrogen functional groups attached to an aromatic ring is 1. The minimum atomic E-state index is -0.118. The van der Waals surface area contributed by atoms with E-state index in [1.807, 2.05) is 6.92 Å². The van der Waals surface area contributed by atoms with Crippen LogP contribution in [0.15, 0.2) is 18.2 Å². The predicted molar refractivity (Wildman–Crippen MR) is 71.7 cm³/mol. The Morgan fingerprint density at radius 3 is 2.89 bits per heavy atom. The summed E-state index contributed by atoms with van der Waals surface area (Å²) in [7, 11) is 1.55. The zero-order valence-corrected chi connectivity index (χ0v) is 10.9. The lowest BCUT2D eigenvalue weighted by molar-refractivity contribution is 0.0934. The number of rotatable bonds is 5. The zero-order valence-electron chi connectivity index (χ0n) is 10.9. The molecule has 1 aromatic rings. The van der Waals surface area contributed by atoms with Gasteiger partial charge in [-0.25, -0.2) is 0 Å². The van der Waals surface area contributed by atoms with Crippen molar-refractivity contribution in [2.24, 2.45) is 5.92 Å². The maximum absolute atomic E-state index is 12.1. The number of nitrogens with two attached hydrogens (primary N) is 1. The Balaban J connectivity index is 2.04. The van der Waals surface area contributed by atoms with Crippen molar-refractivity contribution in [1.82, 2.24) is 5.32 Å². The highest BCUT2D eigenvalue weighted by Crippen LogP contribution is 2.33. The van der Waals surface area contributed by atoms with E-state index < -0.39 is 0 Å². The monoisotopic (exact) mass is 248 g/mol.